The number of hydrogen-bond acceptors (Lipinski definition) is 3. The zero-order valence-corrected chi connectivity index (χ0v) is 12.9. The lowest BCUT2D eigenvalue weighted by atomic mass is 10.1. The molecule has 0 fully saturated rings. The number of H-pyrrole nitrogens is 1. The predicted octanol–water partition coefficient (Wildman–Crippen LogP) is 2.15. The highest BCUT2D eigenvalue weighted by atomic mass is 79.9. The average Bonchev–Trinajstić information content (AvgIpc) is 2.88. The van der Waals surface area contributed by atoms with Gasteiger partial charge in [-0.15, -0.1) is 0 Å². The number of methoxy groups -OCH3 is 1. The fourth-order valence-electron chi connectivity index (χ4n) is 2.05. The van der Waals surface area contributed by atoms with E-state index in [4.69, 9.17) is 9.84 Å². The van der Waals surface area contributed by atoms with E-state index in [-0.39, 0.29) is 13.0 Å². The van der Waals surface area contributed by atoms with Crippen LogP contribution in [0.1, 0.15) is 16.8 Å². The van der Waals surface area contributed by atoms with Gasteiger partial charge in [-0.25, -0.2) is 4.79 Å². The minimum atomic E-state index is -1.08. The van der Waals surface area contributed by atoms with E-state index >= 15 is 0 Å². The van der Waals surface area contributed by atoms with Crippen molar-refractivity contribution >= 4 is 38.7 Å². The number of halogens is 1. The second-order valence-corrected chi connectivity index (χ2v) is 5.36. The Bertz CT molecular complexity index is 668. The second-order valence-electron chi connectivity index (χ2n) is 4.51. The maximum absolute atomic E-state index is 12.3. The van der Waals surface area contributed by atoms with Gasteiger partial charge in [0.25, 0.3) is 5.91 Å². The first-order valence-corrected chi connectivity index (χ1v) is 7.12. The van der Waals surface area contributed by atoms with Gasteiger partial charge < -0.3 is 20.1 Å². The van der Waals surface area contributed by atoms with E-state index in [1.807, 2.05) is 18.2 Å². The Morgan fingerprint density at radius 2 is 2.24 bits per heavy atom. The summed E-state index contributed by atoms with van der Waals surface area (Å²) in [5.74, 6) is -1.52. The molecule has 2 rings (SSSR count). The van der Waals surface area contributed by atoms with Crippen molar-refractivity contribution in [1.29, 1.82) is 0 Å². The summed E-state index contributed by atoms with van der Waals surface area (Å²) in [6.07, 6.45) is 1.78. The number of aromatic nitrogens is 1. The van der Waals surface area contributed by atoms with Gasteiger partial charge in [0, 0.05) is 41.7 Å². The molecule has 0 bridgehead atoms. The lowest BCUT2D eigenvalue weighted by Crippen LogP contribution is -2.41. The molecule has 0 saturated heterocycles. The molecule has 1 heterocycles. The minimum absolute atomic E-state index is 0.209. The molecule has 0 spiro atoms. The van der Waals surface area contributed by atoms with Crippen LogP contribution in [-0.4, -0.2) is 41.7 Å². The van der Waals surface area contributed by atoms with Crippen LogP contribution in [0, 0.1) is 0 Å². The monoisotopic (exact) mass is 354 g/mol. The zero-order valence-electron chi connectivity index (χ0n) is 11.4. The number of carbonyl (C=O) groups is 2. The summed E-state index contributed by atoms with van der Waals surface area (Å²) in [5, 5.41) is 12.4. The van der Waals surface area contributed by atoms with Crippen LogP contribution in [0.25, 0.3) is 10.9 Å². The number of ether oxygens (including phenoxy) is 1. The Morgan fingerprint density at radius 3 is 2.90 bits per heavy atom. The molecule has 7 heteroatoms. The van der Waals surface area contributed by atoms with Gasteiger partial charge in [-0.3, -0.25) is 4.79 Å². The number of hydrogen-bond donors (Lipinski definition) is 3. The van der Waals surface area contributed by atoms with Gasteiger partial charge in [0.15, 0.2) is 0 Å². The maximum atomic E-state index is 12.3. The van der Waals surface area contributed by atoms with Gasteiger partial charge in [0.05, 0.1) is 5.56 Å². The van der Waals surface area contributed by atoms with Crippen LogP contribution in [0.5, 0.6) is 0 Å². The molecule has 21 heavy (non-hydrogen) atoms. The van der Waals surface area contributed by atoms with Crippen LogP contribution in [0.3, 0.4) is 0 Å². The Kier molecular flexibility index (Phi) is 4.98. The maximum Gasteiger partial charge on any atom is 0.326 e. The Balaban J connectivity index is 2.23. The SMILES string of the molecule is COCCC(NC(=O)c1c[nH]c2cccc(Br)c12)C(=O)O. The molecule has 1 atom stereocenters. The van der Waals surface area contributed by atoms with Crippen molar-refractivity contribution in [1.82, 2.24) is 10.3 Å². The van der Waals surface area contributed by atoms with Crippen molar-refractivity contribution in [3.05, 3.63) is 34.4 Å². The standard InChI is InChI=1S/C14H15BrN2O4/c1-21-6-5-11(14(19)20)17-13(18)8-7-16-10-4-2-3-9(15)12(8)10/h2-4,7,11,16H,5-6H2,1H3,(H,17,18)(H,19,20). The summed E-state index contributed by atoms with van der Waals surface area (Å²) in [7, 11) is 1.48. The van der Waals surface area contributed by atoms with Crippen molar-refractivity contribution in [3.8, 4) is 0 Å². The summed E-state index contributed by atoms with van der Waals surface area (Å²) in [5.41, 5.74) is 1.21. The van der Waals surface area contributed by atoms with Crippen LogP contribution in [0.4, 0.5) is 0 Å². The van der Waals surface area contributed by atoms with E-state index < -0.39 is 17.9 Å². The molecule has 0 aliphatic rings. The Morgan fingerprint density at radius 1 is 1.48 bits per heavy atom. The van der Waals surface area contributed by atoms with E-state index in [0.717, 1.165) is 15.4 Å². The first-order chi connectivity index (χ1) is 10.0. The predicted molar refractivity (Wildman–Crippen MR) is 81.4 cm³/mol. The van der Waals surface area contributed by atoms with E-state index in [1.54, 1.807) is 6.20 Å². The highest BCUT2D eigenvalue weighted by Crippen LogP contribution is 2.26. The highest BCUT2D eigenvalue weighted by molar-refractivity contribution is 9.10. The van der Waals surface area contributed by atoms with Gasteiger partial charge in [0.1, 0.15) is 6.04 Å². The summed E-state index contributed by atoms with van der Waals surface area (Å²) in [6.45, 7) is 0.259. The van der Waals surface area contributed by atoms with Crippen LogP contribution >= 0.6 is 15.9 Å². The molecule has 1 amide bonds. The van der Waals surface area contributed by atoms with Crippen molar-refractivity contribution in [2.75, 3.05) is 13.7 Å². The normalized spacial score (nSPS) is 12.3. The number of carbonyl (C=O) groups excluding carboxylic acids is 1. The van der Waals surface area contributed by atoms with Crippen LogP contribution < -0.4 is 5.32 Å². The molecule has 6 nitrogen and oxygen atoms in total. The van der Waals surface area contributed by atoms with Crippen LogP contribution in [0.2, 0.25) is 0 Å². The van der Waals surface area contributed by atoms with E-state index in [2.05, 4.69) is 26.2 Å². The number of benzene rings is 1. The van der Waals surface area contributed by atoms with E-state index in [0.29, 0.717) is 5.56 Å². The van der Waals surface area contributed by atoms with Gasteiger partial charge >= 0.3 is 5.97 Å². The van der Waals surface area contributed by atoms with Crippen molar-refractivity contribution in [2.24, 2.45) is 0 Å². The van der Waals surface area contributed by atoms with Crippen molar-refractivity contribution in [3.63, 3.8) is 0 Å². The highest BCUT2D eigenvalue weighted by Gasteiger charge is 2.22. The van der Waals surface area contributed by atoms with E-state index in [9.17, 15) is 9.59 Å². The molecule has 0 saturated carbocycles. The molecule has 0 aliphatic heterocycles. The van der Waals surface area contributed by atoms with Crippen molar-refractivity contribution < 1.29 is 19.4 Å². The van der Waals surface area contributed by atoms with Gasteiger partial charge in [-0.1, -0.05) is 22.0 Å². The number of fused-ring (bicyclic) bond motifs is 1. The topological polar surface area (TPSA) is 91.4 Å². The number of aliphatic carboxylic acids is 1. The van der Waals surface area contributed by atoms with Crippen LogP contribution in [0.15, 0.2) is 28.9 Å². The largest absolute Gasteiger partial charge is 0.480 e. The molecule has 3 N–H and O–H groups in total. The third-order valence-corrected chi connectivity index (χ3v) is 3.77. The summed E-state index contributed by atoms with van der Waals surface area (Å²) < 4.78 is 5.63. The lowest BCUT2D eigenvalue weighted by molar-refractivity contribution is -0.139. The average molecular weight is 355 g/mol. The van der Waals surface area contributed by atoms with Gasteiger partial charge in [-0.05, 0) is 12.1 Å². The van der Waals surface area contributed by atoms with Gasteiger partial charge in [-0.2, -0.15) is 0 Å². The molecule has 0 radical (unpaired) electrons. The number of amides is 1. The first-order valence-electron chi connectivity index (χ1n) is 6.32. The molecule has 0 aliphatic carbocycles. The molecule has 1 aromatic carbocycles. The molecule has 2 aromatic rings. The Hall–Kier alpha value is -1.86. The molecule has 1 aromatic heterocycles. The zero-order chi connectivity index (χ0) is 15.4. The number of nitrogens with one attached hydrogen (secondary N) is 2. The molecule has 1 unspecified atom stereocenters. The quantitative estimate of drug-likeness (QED) is 0.741. The first kappa shape index (κ1) is 15.5. The van der Waals surface area contributed by atoms with E-state index in [1.165, 1.54) is 7.11 Å². The number of rotatable bonds is 6. The summed E-state index contributed by atoms with van der Waals surface area (Å²) in [6, 6.07) is 4.54. The number of aromatic amines is 1. The van der Waals surface area contributed by atoms with Crippen LogP contribution in [-0.2, 0) is 9.53 Å². The van der Waals surface area contributed by atoms with Gasteiger partial charge in [0.2, 0.25) is 0 Å². The third-order valence-electron chi connectivity index (χ3n) is 3.11. The Labute approximate surface area is 129 Å². The lowest BCUT2D eigenvalue weighted by Gasteiger charge is -2.13. The minimum Gasteiger partial charge on any atom is -0.480 e. The third kappa shape index (κ3) is 3.43. The molecule has 112 valence electrons. The number of carboxylic acid groups (broad SMARTS) is 1. The molecular weight excluding hydrogens is 340 g/mol. The molecular formula is C14H15BrN2O4. The second kappa shape index (κ2) is 6.73. The summed E-state index contributed by atoms with van der Waals surface area (Å²) in [4.78, 5) is 26.4. The number of carboxylic acids is 1. The summed E-state index contributed by atoms with van der Waals surface area (Å²) >= 11 is 3.40. The van der Waals surface area contributed by atoms with Crippen molar-refractivity contribution in [2.45, 2.75) is 12.5 Å². The fraction of sp³-hybridized carbons (Fsp3) is 0.286. The smallest absolute Gasteiger partial charge is 0.326 e. The fourth-order valence-corrected chi connectivity index (χ4v) is 2.63.